The van der Waals surface area contributed by atoms with Crippen LogP contribution in [0.5, 0.6) is 11.5 Å². The molecule has 0 aliphatic carbocycles. The van der Waals surface area contributed by atoms with Crippen molar-refractivity contribution >= 4 is 0 Å². The van der Waals surface area contributed by atoms with Crippen molar-refractivity contribution < 1.29 is 9.47 Å². The zero-order valence-electron chi connectivity index (χ0n) is 11.2. The van der Waals surface area contributed by atoms with Gasteiger partial charge in [-0.3, -0.25) is 11.3 Å². The Balaban J connectivity index is 3.19. The number of benzene rings is 1. The van der Waals surface area contributed by atoms with Crippen molar-refractivity contribution in [1.29, 1.82) is 0 Å². The maximum absolute atomic E-state index is 5.64. The maximum atomic E-state index is 5.64. The minimum atomic E-state index is 0.00608. The first-order valence-electron chi connectivity index (χ1n) is 5.61. The topological polar surface area (TPSA) is 56.5 Å². The summed E-state index contributed by atoms with van der Waals surface area (Å²) in [5.41, 5.74) is 3.91. The minimum Gasteiger partial charge on any atom is -0.497 e. The van der Waals surface area contributed by atoms with Crippen LogP contribution in [0.3, 0.4) is 0 Å². The van der Waals surface area contributed by atoms with Gasteiger partial charge in [-0.05, 0) is 23.1 Å². The first kappa shape index (κ1) is 13.8. The van der Waals surface area contributed by atoms with Crippen LogP contribution in [0.4, 0.5) is 0 Å². The second-order valence-electron chi connectivity index (χ2n) is 5.11. The predicted molar refractivity (Wildman–Crippen MR) is 69.1 cm³/mol. The van der Waals surface area contributed by atoms with E-state index in [0.29, 0.717) is 0 Å². The highest BCUT2D eigenvalue weighted by Crippen LogP contribution is 2.35. The first-order chi connectivity index (χ1) is 7.92. The van der Waals surface area contributed by atoms with Crippen molar-refractivity contribution in [3.63, 3.8) is 0 Å². The van der Waals surface area contributed by atoms with Crippen LogP contribution in [0.1, 0.15) is 32.4 Å². The van der Waals surface area contributed by atoms with Gasteiger partial charge in [0.15, 0.2) is 0 Å². The molecule has 1 atom stereocenters. The van der Waals surface area contributed by atoms with E-state index in [1.807, 2.05) is 18.2 Å². The molecule has 96 valence electrons. The second kappa shape index (κ2) is 5.38. The molecule has 4 heteroatoms. The lowest BCUT2D eigenvalue weighted by molar-refractivity contribution is 0.274. The van der Waals surface area contributed by atoms with Gasteiger partial charge in [0.1, 0.15) is 11.5 Å². The molecule has 0 amide bonds. The molecule has 3 N–H and O–H groups in total. The fourth-order valence-electron chi connectivity index (χ4n) is 1.84. The van der Waals surface area contributed by atoms with Crippen LogP contribution in [-0.4, -0.2) is 14.2 Å². The Kier molecular flexibility index (Phi) is 4.37. The van der Waals surface area contributed by atoms with Crippen LogP contribution in [-0.2, 0) is 0 Å². The molecule has 0 heterocycles. The van der Waals surface area contributed by atoms with Crippen molar-refractivity contribution in [2.75, 3.05) is 14.2 Å². The third kappa shape index (κ3) is 3.35. The van der Waals surface area contributed by atoms with Gasteiger partial charge < -0.3 is 9.47 Å². The van der Waals surface area contributed by atoms with Crippen LogP contribution in [0.25, 0.3) is 0 Å². The number of methoxy groups -OCH3 is 2. The van der Waals surface area contributed by atoms with Crippen LogP contribution >= 0.6 is 0 Å². The second-order valence-corrected chi connectivity index (χ2v) is 5.11. The average molecular weight is 238 g/mol. The van der Waals surface area contributed by atoms with Crippen molar-refractivity contribution in [2.24, 2.45) is 11.3 Å². The van der Waals surface area contributed by atoms with Gasteiger partial charge in [0.2, 0.25) is 0 Å². The van der Waals surface area contributed by atoms with E-state index in [0.717, 1.165) is 17.1 Å². The minimum absolute atomic E-state index is 0.00608. The number of nitrogens with two attached hydrogens (primary N) is 1. The van der Waals surface area contributed by atoms with E-state index >= 15 is 0 Å². The normalized spacial score (nSPS) is 13.3. The Labute approximate surface area is 103 Å². The number of hydrogen-bond donors (Lipinski definition) is 2. The molecule has 1 aromatic rings. The smallest absolute Gasteiger partial charge is 0.122 e. The SMILES string of the molecule is COc1cc(OC)cc(C(NN)C(C)(C)C)c1. The summed E-state index contributed by atoms with van der Waals surface area (Å²) in [4.78, 5) is 0. The quantitative estimate of drug-likeness (QED) is 0.624. The molecule has 0 saturated carbocycles. The number of nitrogens with one attached hydrogen (secondary N) is 1. The molecule has 0 saturated heterocycles. The zero-order chi connectivity index (χ0) is 13.1. The van der Waals surface area contributed by atoms with E-state index in [1.165, 1.54) is 0 Å². The highest BCUT2D eigenvalue weighted by Gasteiger charge is 2.26. The summed E-state index contributed by atoms with van der Waals surface area (Å²) >= 11 is 0. The van der Waals surface area contributed by atoms with Gasteiger partial charge in [-0.15, -0.1) is 0 Å². The Morgan fingerprint density at radius 1 is 1.06 bits per heavy atom. The molecule has 0 aliphatic heterocycles. The molecule has 1 aromatic carbocycles. The van der Waals surface area contributed by atoms with Gasteiger partial charge in [0.25, 0.3) is 0 Å². The predicted octanol–water partition coefficient (Wildman–Crippen LogP) is 2.25. The third-order valence-corrected chi connectivity index (χ3v) is 2.74. The Morgan fingerprint density at radius 3 is 1.82 bits per heavy atom. The molecule has 1 rings (SSSR count). The Morgan fingerprint density at radius 2 is 1.53 bits per heavy atom. The molecule has 0 spiro atoms. The van der Waals surface area contributed by atoms with Gasteiger partial charge in [-0.2, -0.15) is 0 Å². The Bertz CT molecular complexity index is 350. The molecule has 0 fully saturated rings. The summed E-state index contributed by atoms with van der Waals surface area (Å²) in [5.74, 6) is 7.18. The van der Waals surface area contributed by atoms with Crippen molar-refractivity contribution in [1.82, 2.24) is 5.43 Å². The summed E-state index contributed by atoms with van der Waals surface area (Å²) < 4.78 is 10.5. The fourth-order valence-corrected chi connectivity index (χ4v) is 1.84. The summed E-state index contributed by atoms with van der Waals surface area (Å²) in [6, 6.07) is 5.82. The van der Waals surface area contributed by atoms with Gasteiger partial charge in [0, 0.05) is 6.07 Å². The van der Waals surface area contributed by atoms with Crippen LogP contribution in [0.15, 0.2) is 18.2 Å². The zero-order valence-corrected chi connectivity index (χ0v) is 11.2. The third-order valence-electron chi connectivity index (χ3n) is 2.74. The molecular formula is C13H22N2O2. The van der Waals surface area contributed by atoms with Gasteiger partial charge in [-0.25, -0.2) is 0 Å². The molecule has 0 aromatic heterocycles. The van der Waals surface area contributed by atoms with Crippen LogP contribution < -0.4 is 20.7 Å². The monoisotopic (exact) mass is 238 g/mol. The van der Waals surface area contributed by atoms with Crippen molar-refractivity contribution in [3.8, 4) is 11.5 Å². The number of rotatable bonds is 4. The lowest BCUT2D eigenvalue weighted by Gasteiger charge is -2.30. The summed E-state index contributed by atoms with van der Waals surface area (Å²) in [6.07, 6.45) is 0. The van der Waals surface area contributed by atoms with E-state index in [1.54, 1.807) is 14.2 Å². The Hall–Kier alpha value is -1.26. The van der Waals surface area contributed by atoms with Crippen LogP contribution in [0.2, 0.25) is 0 Å². The van der Waals surface area contributed by atoms with E-state index in [-0.39, 0.29) is 11.5 Å². The highest BCUT2D eigenvalue weighted by molar-refractivity contribution is 5.40. The lowest BCUT2D eigenvalue weighted by Crippen LogP contribution is -2.36. The molecule has 0 aliphatic rings. The standard InChI is InChI=1S/C13H22N2O2/c1-13(2,3)12(15-14)9-6-10(16-4)8-11(7-9)17-5/h6-8,12,15H,14H2,1-5H3. The van der Waals surface area contributed by atoms with E-state index in [2.05, 4.69) is 26.2 Å². The van der Waals surface area contributed by atoms with Gasteiger partial charge >= 0.3 is 0 Å². The molecule has 1 unspecified atom stereocenters. The maximum Gasteiger partial charge on any atom is 0.122 e. The molecule has 4 nitrogen and oxygen atoms in total. The van der Waals surface area contributed by atoms with Crippen LogP contribution in [0, 0.1) is 5.41 Å². The van der Waals surface area contributed by atoms with Gasteiger partial charge in [-0.1, -0.05) is 20.8 Å². The fraction of sp³-hybridized carbons (Fsp3) is 0.538. The molecule has 17 heavy (non-hydrogen) atoms. The van der Waals surface area contributed by atoms with Gasteiger partial charge in [0.05, 0.1) is 20.3 Å². The highest BCUT2D eigenvalue weighted by atomic mass is 16.5. The summed E-state index contributed by atoms with van der Waals surface area (Å²) in [5, 5.41) is 0. The summed E-state index contributed by atoms with van der Waals surface area (Å²) in [6.45, 7) is 6.39. The van der Waals surface area contributed by atoms with E-state index in [9.17, 15) is 0 Å². The molecular weight excluding hydrogens is 216 g/mol. The van der Waals surface area contributed by atoms with Crippen molar-refractivity contribution in [2.45, 2.75) is 26.8 Å². The number of hydrazine groups is 1. The van der Waals surface area contributed by atoms with E-state index < -0.39 is 0 Å². The average Bonchev–Trinajstić information content (AvgIpc) is 2.27. The number of hydrogen-bond acceptors (Lipinski definition) is 4. The number of ether oxygens (including phenoxy) is 2. The molecule has 0 bridgehead atoms. The first-order valence-corrected chi connectivity index (χ1v) is 5.61. The lowest BCUT2D eigenvalue weighted by atomic mass is 9.82. The van der Waals surface area contributed by atoms with Crippen molar-refractivity contribution in [3.05, 3.63) is 23.8 Å². The van der Waals surface area contributed by atoms with E-state index in [4.69, 9.17) is 15.3 Å². The molecule has 0 radical (unpaired) electrons. The summed E-state index contributed by atoms with van der Waals surface area (Å²) in [7, 11) is 3.28. The largest absolute Gasteiger partial charge is 0.497 e.